The van der Waals surface area contributed by atoms with E-state index in [9.17, 15) is 9.90 Å². The smallest absolute Gasteiger partial charge is 0.337 e. The molecule has 3 nitrogen and oxygen atoms in total. The van der Waals surface area contributed by atoms with Gasteiger partial charge in [-0.25, -0.2) is 4.79 Å². The van der Waals surface area contributed by atoms with E-state index in [0.717, 1.165) is 35.7 Å². The maximum atomic E-state index is 11.8. The number of rotatable bonds is 6. The number of aromatic nitrogens is 1. The summed E-state index contributed by atoms with van der Waals surface area (Å²) in [6.45, 7) is 10.6. The number of nitrogens with zero attached hydrogens (tertiary/aromatic N) is 1. The van der Waals surface area contributed by atoms with Crippen molar-refractivity contribution in [3.8, 4) is 0 Å². The van der Waals surface area contributed by atoms with E-state index in [4.69, 9.17) is 0 Å². The minimum atomic E-state index is -0.838. The Balaban J connectivity index is 2.79. The average Bonchev–Trinajstić information content (AvgIpc) is 2.82. The summed E-state index contributed by atoms with van der Waals surface area (Å²) < 4.78 is 2.12. The van der Waals surface area contributed by atoms with Gasteiger partial charge in [0.15, 0.2) is 0 Å². The third-order valence-corrected chi connectivity index (χ3v) is 4.28. The molecule has 1 aromatic heterocycles. The third-order valence-electron chi connectivity index (χ3n) is 4.28. The first kappa shape index (κ1) is 16.6. The van der Waals surface area contributed by atoms with Crippen LogP contribution in [0.5, 0.6) is 0 Å². The maximum Gasteiger partial charge on any atom is 0.337 e. The van der Waals surface area contributed by atoms with Gasteiger partial charge >= 0.3 is 5.97 Å². The molecule has 2 aromatic rings. The van der Waals surface area contributed by atoms with Crippen molar-refractivity contribution < 1.29 is 9.90 Å². The number of hydrogen-bond donors (Lipinski definition) is 1. The molecule has 0 saturated heterocycles. The molecule has 1 heterocycles. The first-order chi connectivity index (χ1) is 10.4. The number of hydrogen-bond acceptors (Lipinski definition) is 1. The lowest BCUT2D eigenvalue weighted by atomic mass is 9.96. The fraction of sp³-hybridized carbons (Fsp3) is 0.526. The highest BCUT2D eigenvalue weighted by atomic mass is 16.4. The van der Waals surface area contributed by atoms with Crippen molar-refractivity contribution in [3.05, 3.63) is 35.0 Å². The Kier molecular flexibility index (Phi) is 4.94. The second-order valence-corrected chi connectivity index (χ2v) is 6.68. The molecule has 1 aromatic carbocycles. The number of unbranched alkanes of at least 4 members (excludes halogenated alkanes) is 1. The van der Waals surface area contributed by atoms with Crippen molar-refractivity contribution in [1.82, 2.24) is 4.57 Å². The van der Waals surface area contributed by atoms with Crippen LogP contribution >= 0.6 is 0 Å². The summed E-state index contributed by atoms with van der Waals surface area (Å²) in [5.41, 5.74) is 3.68. The van der Waals surface area contributed by atoms with E-state index < -0.39 is 5.97 Å². The predicted octanol–water partition coefficient (Wildman–Crippen LogP) is 5.39. The molecule has 3 heteroatoms. The van der Waals surface area contributed by atoms with Crippen LogP contribution in [-0.2, 0) is 6.42 Å². The van der Waals surface area contributed by atoms with Crippen LogP contribution in [0.2, 0.25) is 0 Å². The summed E-state index contributed by atoms with van der Waals surface area (Å²) in [6.07, 6.45) is 5.43. The molecule has 0 fully saturated rings. The van der Waals surface area contributed by atoms with Crippen molar-refractivity contribution in [2.75, 3.05) is 0 Å². The molecule has 0 unspecified atom stereocenters. The van der Waals surface area contributed by atoms with Gasteiger partial charge in [0, 0.05) is 17.6 Å². The first-order valence-electron chi connectivity index (χ1n) is 8.27. The molecular formula is C19H27NO2. The Morgan fingerprint density at radius 1 is 1.23 bits per heavy atom. The number of benzene rings is 1. The summed E-state index contributed by atoms with van der Waals surface area (Å²) in [6, 6.07) is 4.29. The van der Waals surface area contributed by atoms with Gasteiger partial charge in [-0.15, -0.1) is 0 Å². The van der Waals surface area contributed by atoms with E-state index in [1.54, 1.807) is 0 Å². The van der Waals surface area contributed by atoms with Crippen LogP contribution in [0.3, 0.4) is 0 Å². The van der Waals surface area contributed by atoms with E-state index >= 15 is 0 Å². The lowest BCUT2D eigenvalue weighted by molar-refractivity contribution is 0.0698. The summed E-state index contributed by atoms with van der Waals surface area (Å²) >= 11 is 0. The molecule has 0 aliphatic heterocycles. The zero-order valence-corrected chi connectivity index (χ0v) is 14.3. The molecular weight excluding hydrogens is 274 g/mol. The van der Waals surface area contributed by atoms with Gasteiger partial charge in [0.25, 0.3) is 0 Å². The quantitative estimate of drug-likeness (QED) is 0.777. The minimum absolute atomic E-state index is 0.251. The molecule has 120 valence electrons. The molecule has 0 amide bonds. The van der Waals surface area contributed by atoms with E-state index in [-0.39, 0.29) is 6.04 Å². The van der Waals surface area contributed by atoms with Gasteiger partial charge in [0.2, 0.25) is 0 Å². The Morgan fingerprint density at radius 2 is 1.91 bits per heavy atom. The van der Waals surface area contributed by atoms with Crippen LogP contribution in [0.1, 0.15) is 80.9 Å². The van der Waals surface area contributed by atoms with Crippen LogP contribution < -0.4 is 0 Å². The normalized spacial score (nSPS) is 11.8. The fourth-order valence-electron chi connectivity index (χ4n) is 2.95. The van der Waals surface area contributed by atoms with Crippen molar-refractivity contribution in [3.63, 3.8) is 0 Å². The highest BCUT2D eigenvalue weighted by molar-refractivity contribution is 6.04. The number of aromatic carboxylic acids is 1. The largest absolute Gasteiger partial charge is 0.478 e. The molecule has 0 aliphatic carbocycles. The van der Waals surface area contributed by atoms with Gasteiger partial charge in [-0.3, -0.25) is 0 Å². The molecule has 0 bridgehead atoms. The van der Waals surface area contributed by atoms with Crippen LogP contribution in [0, 0.1) is 0 Å². The van der Waals surface area contributed by atoms with Gasteiger partial charge in [-0.1, -0.05) is 27.2 Å². The average molecular weight is 301 g/mol. The minimum Gasteiger partial charge on any atom is -0.478 e. The number of carboxylic acids is 1. The number of carbonyl (C=O) groups is 1. The highest BCUT2D eigenvalue weighted by Gasteiger charge is 2.19. The Hall–Kier alpha value is -1.77. The SMILES string of the molecule is CCCCc1cn(C(C)C)c2c(C(=O)O)cc(C(C)C)cc12. The summed E-state index contributed by atoms with van der Waals surface area (Å²) in [5.74, 6) is -0.515. The first-order valence-corrected chi connectivity index (χ1v) is 8.27. The summed E-state index contributed by atoms with van der Waals surface area (Å²) in [7, 11) is 0. The number of fused-ring (bicyclic) bond motifs is 1. The zero-order valence-electron chi connectivity index (χ0n) is 14.3. The maximum absolute atomic E-state index is 11.8. The second kappa shape index (κ2) is 6.55. The standard InChI is InChI=1S/C19H27NO2/c1-6-7-8-14-11-20(13(4)5)18-16(14)9-15(12(2)3)10-17(18)19(21)22/h9-13H,6-8H2,1-5H3,(H,21,22). The van der Waals surface area contributed by atoms with E-state index in [0.29, 0.717) is 11.5 Å². The lowest BCUT2D eigenvalue weighted by Crippen LogP contribution is -2.06. The molecule has 0 atom stereocenters. The topological polar surface area (TPSA) is 42.2 Å². The monoisotopic (exact) mass is 301 g/mol. The molecule has 0 aliphatic rings. The molecule has 2 rings (SSSR count). The van der Waals surface area contributed by atoms with Crippen molar-refractivity contribution in [1.29, 1.82) is 0 Å². The molecule has 0 radical (unpaired) electrons. The number of carboxylic acid groups (broad SMARTS) is 1. The van der Waals surface area contributed by atoms with Crippen LogP contribution in [0.25, 0.3) is 10.9 Å². The Morgan fingerprint density at radius 3 is 2.41 bits per heavy atom. The van der Waals surface area contributed by atoms with E-state index in [1.807, 2.05) is 6.07 Å². The zero-order chi connectivity index (χ0) is 16.4. The summed E-state index contributed by atoms with van der Waals surface area (Å²) in [5, 5.41) is 10.8. The molecule has 1 N–H and O–H groups in total. The number of aryl methyl sites for hydroxylation is 1. The summed E-state index contributed by atoms with van der Waals surface area (Å²) in [4.78, 5) is 11.8. The van der Waals surface area contributed by atoms with Gasteiger partial charge in [-0.2, -0.15) is 0 Å². The van der Waals surface area contributed by atoms with Crippen molar-refractivity contribution in [2.45, 2.75) is 65.8 Å². The lowest BCUT2D eigenvalue weighted by Gasteiger charge is -2.13. The van der Waals surface area contributed by atoms with Gasteiger partial charge < -0.3 is 9.67 Å². The van der Waals surface area contributed by atoms with Gasteiger partial charge in [0.05, 0.1) is 11.1 Å². The fourth-order valence-corrected chi connectivity index (χ4v) is 2.95. The Labute approximate surface area is 133 Å². The second-order valence-electron chi connectivity index (χ2n) is 6.68. The molecule has 0 spiro atoms. The van der Waals surface area contributed by atoms with E-state index in [1.165, 1.54) is 5.56 Å². The van der Waals surface area contributed by atoms with Gasteiger partial charge in [-0.05, 0) is 55.9 Å². The molecule has 0 saturated carbocycles. The predicted molar refractivity (Wildman–Crippen MR) is 92.0 cm³/mol. The van der Waals surface area contributed by atoms with Crippen LogP contribution in [-0.4, -0.2) is 15.6 Å². The van der Waals surface area contributed by atoms with Gasteiger partial charge in [0.1, 0.15) is 0 Å². The van der Waals surface area contributed by atoms with Crippen LogP contribution in [0.15, 0.2) is 18.3 Å². The molecule has 22 heavy (non-hydrogen) atoms. The van der Waals surface area contributed by atoms with Crippen molar-refractivity contribution >= 4 is 16.9 Å². The Bertz CT molecular complexity index is 680. The van der Waals surface area contributed by atoms with E-state index in [2.05, 4.69) is 51.4 Å². The third kappa shape index (κ3) is 3.03. The van der Waals surface area contributed by atoms with Crippen molar-refractivity contribution in [2.24, 2.45) is 0 Å². The van der Waals surface area contributed by atoms with Crippen LogP contribution in [0.4, 0.5) is 0 Å². The highest BCUT2D eigenvalue weighted by Crippen LogP contribution is 2.32.